The molecule has 1 aromatic heterocycles. The molecule has 0 spiro atoms. The molecule has 0 radical (unpaired) electrons. The summed E-state index contributed by atoms with van der Waals surface area (Å²) in [7, 11) is 1.31. The fourth-order valence-corrected chi connectivity index (χ4v) is 2.67. The van der Waals surface area contributed by atoms with Gasteiger partial charge in [0.1, 0.15) is 5.82 Å². The minimum absolute atomic E-state index is 0.110. The van der Waals surface area contributed by atoms with Gasteiger partial charge >= 0.3 is 5.97 Å². The number of ether oxygens (including phenoxy) is 1. The summed E-state index contributed by atoms with van der Waals surface area (Å²) in [6.45, 7) is 5.45. The second-order valence-corrected chi connectivity index (χ2v) is 5.75. The van der Waals surface area contributed by atoms with Crippen LogP contribution in [-0.4, -0.2) is 29.6 Å². The second kappa shape index (κ2) is 7.29. The average Bonchev–Trinajstić information content (AvgIpc) is 2.83. The van der Waals surface area contributed by atoms with Crippen molar-refractivity contribution in [3.05, 3.63) is 53.1 Å². The molecule has 1 aromatic carbocycles. The van der Waals surface area contributed by atoms with Gasteiger partial charge in [0.2, 0.25) is 0 Å². The van der Waals surface area contributed by atoms with Gasteiger partial charge in [-0.05, 0) is 51.1 Å². The van der Waals surface area contributed by atoms with Crippen molar-refractivity contribution in [2.75, 3.05) is 7.11 Å². The van der Waals surface area contributed by atoms with Crippen LogP contribution < -0.4 is 5.32 Å². The Kier molecular flexibility index (Phi) is 5.39. The minimum atomic E-state index is -0.375. The SMILES string of the molecule is COC(=O)CC(C)NC(=O)c1cc(C)n(-c2ccc(F)cc2)c1C. The molecule has 1 heterocycles. The van der Waals surface area contributed by atoms with Gasteiger partial charge in [-0.1, -0.05) is 0 Å². The van der Waals surface area contributed by atoms with Crippen LogP contribution in [0, 0.1) is 19.7 Å². The van der Waals surface area contributed by atoms with Crippen LogP contribution in [-0.2, 0) is 9.53 Å². The van der Waals surface area contributed by atoms with Crippen molar-refractivity contribution >= 4 is 11.9 Å². The van der Waals surface area contributed by atoms with Crippen molar-refractivity contribution in [1.82, 2.24) is 9.88 Å². The van der Waals surface area contributed by atoms with Crippen LogP contribution in [0.25, 0.3) is 5.69 Å². The summed E-state index contributed by atoms with van der Waals surface area (Å²) in [5.41, 5.74) is 2.92. The summed E-state index contributed by atoms with van der Waals surface area (Å²) >= 11 is 0. The van der Waals surface area contributed by atoms with Crippen LogP contribution in [0.3, 0.4) is 0 Å². The first kappa shape index (κ1) is 17.7. The first-order chi connectivity index (χ1) is 11.3. The van der Waals surface area contributed by atoms with Crippen LogP contribution in [0.15, 0.2) is 30.3 Å². The largest absolute Gasteiger partial charge is 0.469 e. The van der Waals surface area contributed by atoms with Crippen LogP contribution in [0.4, 0.5) is 4.39 Å². The number of nitrogens with one attached hydrogen (secondary N) is 1. The van der Waals surface area contributed by atoms with Gasteiger partial charge in [0.25, 0.3) is 5.91 Å². The molecule has 24 heavy (non-hydrogen) atoms. The molecule has 0 aliphatic rings. The summed E-state index contributed by atoms with van der Waals surface area (Å²) in [6, 6.07) is 7.53. The first-order valence-electron chi connectivity index (χ1n) is 7.66. The normalized spacial score (nSPS) is 11.9. The third-order valence-electron chi connectivity index (χ3n) is 3.84. The highest BCUT2D eigenvalue weighted by molar-refractivity contribution is 5.96. The summed E-state index contributed by atoms with van der Waals surface area (Å²) in [4.78, 5) is 23.7. The van der Waals surface area contributed by atoms with Gasteiger partial charge in [-0.15, -0.1) is 0 Å². The maximum Gasteiger partial charge on any atom is 0.307 e. The number of aromatic nitrogens is 1. The van der Waals surface area contributed by atoms with Crippen molar-refractivity contribution in [3.8, 4) is 5.69 Å². The standard InChI is InChI=1S/C18H21FN2O3/c1-11(9-17(22)24-4)20-18(23)16-10-12(2)21(13(16)3)15-7-5-14(19)6-8-15/h5-8,10-11H,9H2,1-4H3,(H,20,23). The van der Waals surface area contributed by atoms with E-state index in [9.17, 15) is 14.0 Å². The number of hydrogen-bond donors (Lipinski definition) is 1. The number of aryl methyl sites for hydroxylation is 1. The Labute approximate surface area is 140 Å². The molecule has 0 saturated heterocycles. The van der Waals surface area contributed by atoms with Crippen molar-refractivity contribution in [2.45, 2.75) is 33.2 Å². The van der Waals surface area contributed by atoms with Crippen molar-refractivity contribution in [2.24, 2.45) is 0 Å². The van der Waals surface area contributed by atoms with Crippen LogP contribution >= 0.6 is 0 Å². The third kappa shape index (κ3) is 3.82. The molecule has 1 amide bonds. The number of halogens is 1. The van der Waals surface area contributed by atoms with E-state index in [0.29, 0.717) is 5.56 Å². The molecule has 0 fully saturated rings. The molecule has 128 valence electrons. The van der Waals surface area contributed by atoms with Crippen molar-refractivity contribution < 1.29 is 18.7 Å². The zero-order valence-corrected chi connectivity index (χ0v) is 14.2. The van der Waals surface area contributed by atoms with Gasteiger partial charge in [0, 0.05) is 23.1 Å². The summed E-state index contributed by atoms with van der Waals surface area (Å²) in [5, 5.41) is 2.79. The molecule has 1 unspecified atom stereocenters. The van der Waals surface area contributed by atoms with E-state index in [1.54, 1.807) is 25.1 Å². The van der Waals surface area contributed by atoms with Gasteiger partial charge in [-0.25, -0.2) is 4.39 Å². The molecular formula is C18H21FN2O3. The molecule has 2 rings (SSSR count). The zero-order chi connectivity index (χ0) is 17.9. The fraction of sp³-hybridized carbons (Fsp3) is 0.333. The molecule has 1 N–H and O–H groups in total. The molecule has 2 aromatic rings. The predicted octanol–water partition coefficient (Wildman–Crippen LogP) is 2.91. The van der Waals surface area contributed by atoms with Gasteiger partial charge < -0.3 is 14.6 Å². The lowest BCUT2D eigenvalue weighted by Crippen LogP contribution is -2.34. The number of nitrogens with zero attached hydrogens (tertiary/aromatic N) is 1. The predicted molar refractivity (Wildman–Crippen MR) is 88.8 cm³/mol. The number of carbonyl (C=O) groups excluding carboxylic acids is 2. The van der Waals surface area contributed by atoms with E-state index < -0.39 is 0 Å². The monoisotopic (exact) mass is 332 g/mol. The smallest absolute Gasteiger partial charge is 0.307 e. The third-order valence-corrected chi connectivity index (χ3v) is 3.84. The van der Waals surface area contributed by atoms with Gasteiger partial charge in [0.15, 0.2) is 0 Å². The summed E-state index contributed by atoms with van der Waals surface area (Å²) in [6.07, 6.45) is 0.110. The van der Waals surface area contributed by atoms with E-state index in [1.165, 1.54) is 19.2 Å². The number of hydrogen-bond acceptors (Lipinski definition) is 3. The summed E-state index contributed by atoms with van der Waals surface area (Å²) in [5.74, 6) is -0.941. The maximum absolute atomic E-state index is 13.1. The lowest BCUT2D eigenvalue weighted by molar-refractivity contribution is -0.141. The first-order valence-corrected chi connectivity index (χ1v) is 7.66. The number of methoxy groups -OCH3 is 1. The van der Waals surface area contributed by atoms with Crippen LogP contribution in [0.5, 0.6) is 0 Å². The van der Waals surface area contributed by atoms with Gasteiger partial charge in [-0.3, -0.25) is 9.59 Å². The van der Waals surface area contributed by atoms with E-state index in [4.69, 9.17) is 0 Å². The Bertz CT molecular complexity index is 750. The van der Waals surface area contributed by atoms with Crippen LogP contribution in [0.1, 0.15) is 35.1 Å². The number of amides is 1. The average molecular weight is 332 g/mol. The fourth-order valence-electron chi connectivity index (χ4n) is 2.67. The molecule has 5 nitrogen and oxygen atoms in total. The van der Waals surface area contributed by atoms with E-state index in [1.807, 2.05) is 18.4 Å². The Balaban J connectivity index is 2.23. The lowest BCUT2D eigenvalue weighted by atomic mass is 10.2. The molecule has 1 atom stereocenters. The van der Waals surface area contributed by atoms with Crippen molar-refractivity contribution in [1.29, 1.82) is 0 Å². The Morgan fingerprint density at radius 3 is 2.46 bits per heavy atom. The highest BCUT2D eigenvalue weighted by Gasteiger charge is 2.19. The van der Waals surface area contributed by atoms with Gasteiger partial charge in [-0.2, -0.15) is 0 Å². The quantitative estimate of drug-likeness (QED) is 0.857. The van der Waals surface area contributed by atoms with E-state index in [2.05, 4.69) is 10.1 Å². The zero-order valence-electron chi connectivity index (χ0n) is 14.2. The van der Waals surface area contributed by atoms with E-state index in [-0.39, 0.29) is 30.2 Å². The van der Waals surface area contributed by atoms with E-state index >= 15 is 0 Å². The van der Waals surface area contributed by atoms with Gasteiger partial charge in [0.05, 0.1) is 19.1 Å². The number of esters is 1. The van der Waals surface area contributed by atoms with Crippen LogP contribution in [0.2, 0.25) is 0 Å². The molecule has 0 aliphatic carbocycles. The molecule has 6 heteroatoms. The highest BCUT2D eigenvalue weighted by atomic mass is 19.1. The minimum Gasteiger partial charge on any atom is -0.469 e. The lowest BCUT2D eigenvalue weighted by Gasteiger charge is -2.13. The highest BCUT2D eigenvalue weighted by Crippen LogP contribution is 2.21. The second-order valence-electron chi connectivity index (χ2n) is 5.75. The maximum atomic E-state index is 13.1. The van der Waals surface area contributed by atoms with E-state index in [0.717, 1.165) is 17.1 Å². The Morgan fingerprint density at radius 1 is 1.25 bits per heavy atom. The number of rotatable bonds is 5. The molecular weight excluding hydrogens is 311 g/mol. The number of carbonyl (C=O) groups is 2. The summed E-state index contributed by atoms with van der Waals surface area (Å²) < 4.78 is 19.6. The molecule has 0 saturated carbocycles. The van der Waals surface area contributed by atoms with Crippen molar-refractivity contribution in [3.63, 3.8) is 0 Å². The molecule has 0 aliphatic heterocycles. The Hall–Kier alpha value is -2.63. The topological polar surface area (TPSA) is 60.3 Å². The Morgan fingerprint density at radius 2 is 1.88 bits per heavy atom. The number of benzene rings is 1. The molecule has 0 bridgehead atoms.